The zero-order valence-corrected chi connectivity index (χ0v) is 17.7. The SMILES string of the molecule is COCC(=O)N1CCCC[C@H]1c1nc(C)c2c(n1)N(Cc1ccc(F)cc1)CCC2. The van der Waals surface area contributed by atoms with E-state index >= 15 is 0 Å². The van der Waals surface area contributed by atoms with E-state index in [9.17, 15) is 9.18 Å². The molecule has 0 unspecified atom stereocenters. The van der Waals surface area contributed by atoms with E-state index in [-0.39, 0.29) is 24.4 Å². The first-order chi connectivity index (χ1) is 14.6. The Labute approximate surface area is 177 Å². The molecule has 1 saturated heterocycles. The number of rotatable bonds is 5. The third-order valence-electron chi connectivity index (χ3n) is 6.04. The molecule has 2 aliphatic heterocycles. The first-order valence-corrected chi connectivity index (χ1v) is 10.7. The van der Waals surface area contributed by atoms with Crippen LogP contribution in [0.2, 0.25) is 0 Å². The summed E-state index contributed by atoms with van der Waals surface area (Å²) in [6.07, 6.45) is 4.91. The Morgan fingerprint density at radius 1 is 1.17 bits per heavy atom. The van der Waals surface area contributed by atoms with Crippen molar-refractivity contribution in [2.24, 2.45) is 0 Å². The Morgan fingerprint density at radius 3 is 2.73 bits per heavy atom. The van der Waals surface area contributed by atoms with Gasteiger partial charge in [-0.2, -0.15) is 0 Å². The number of fused-ring (bicyclic) bond motifs is 1. The van der Waals surface area contributed by atoms with E-state index in [1.54, 1.807) is 7.11 Å². The summed E-state index contributed by atoms with van der Waals surface area (Å²) >= 11 is 0. The largest absolute Gasteiger partial charge is 0.375 e. The van der Waals surface area contributed by atoms with Crippen molar-refractivity contribution in [1.29, 1.82) is 0 Å². The van der Waals surface area contributed by atoms with Crippen molar-refractivity contribution in [2.45, 2.75) is 51.6 Å². The number of ether oxygens (including phenoxy) is 1. The lowest BCUT2D eigenvalue weighted by molar-refractivity contribution is -0.139. The fraction of sp³-hybridized carbons (Fsp3) is 0.522. The molecule has 2 aromatic rings. The number of hydrogen-bond acceptors (Lipinski definition) is 5. The number of anilines is 1. The molecule has 1 atom stereocenters. The molecular formula is C23H29FN4O2. The van der Waals surface area contributed by atoms with E-state index in [1.165, 1.54) is 17.7 Å². The third kappa shape index (κ3) is 4.31. The minimum atomic E-state index is -0.226. The average molecular weight is 413 g/mol. The van der Waals surface area contributed by atoms with Crippen LogP contribution in [0.15, 0.2) is 24.3 Å². The summed E-state index contributed by atoms with van der Waals surface area (Å²) < 4.78 is 18.4. The molecular weight excluding hydrogens is 383 g/mol. The maximum Gasteiger partial charge on any atom is 0.249 e. The fourth-order valence-electron chi connectivity index (χ4n) is 4.53. The number of aryl methyl sites for hydroxylation is 1. The topological polar surface area (TPSA) is 58.6 Å². The lowest BCUT2D eigenvalue weighted by Crippen LogP contribution is -2.41. The number of aromatic nitrogens is 2. The molecule has 160 valence electrons. The van der Waals surface area contributed by atoms with Gasteiger partial charge in [0.25, 0.3) is 0 Å². The molecule has 30 heavy (non-hydrogen) atoms. The second kappa shape index (κ2) is 9.08. The Morgan fingerprint density at radius 2 is 1.97 bits per heavy atom. The minimum absolute atomic E-state index is 0.00987. The highest BCUT2D eigenvalue weighted by atomic mass is 19.1. The Balaban J connectivity index is 1.65. The van der Waals surface area contributed by atoms with Gasteiger partial charge < -0.3 is 14.5 Å². The molecule has 1 aromatic heterocycles. The molecule has 4 rings (SSSR count). The molecule has 0 aliphatic carbocycles. The van der Waals surface area contributed by atoms with Gasteiger partial charge in [-0.25, -0.2) is 14.4 Å². The quantitative estimate of drug-likeness (QED) is 0.751. The van der Waals surface area contributed by atoms with E-state index < -0.39 is 0 Å². The van der Waals surface area contributed by atoms with E-state index in [0.29, 0.717) is 13.1 Å². The summed E-state index contributed by atoms with van der Waals surface area (Å²) in [6, 6.07) is 6.53. The van der Waals surface area contributed by atoms with Gasteiger partial charge in [-0.05, 0) is 56.7 Å². The van der Waals surface area contributed by atoms with Gasteiger partial charge in [0.15, 0.2) is 5.82 Å². The molecule has 0 radical (unpaired) electrons. The lowest BCUT2D eigenvalue weighted by Gasteiger charge is -2.36. The third-order valence-corrected chi connectivity index (χ3v) is 6.04. The summed E-state index contributed by atoms with van der Waals surface area (Å²) in [5.74, 6) is 1.44. The molecule has 7 heteroatoms. The lowest BCUT2D eigenvalue weighted by atomic mass is 9.99. The van der Waals surface area contributed by atoms with Crippen LogP contribution in [0.4, 0.5) is 10.2 Å². The summed E-state index contributed by atoms with van der Waals surface area (Å²) in [4.78, 5) is 26.6. The first kappa shape index (κ1) is 20.7. The minimum Gasteiger partial charge on any atom is -0.375 e. The fourth-order valence-corrected chi connectivity index (χ4v) is 4.53. The van der Waals surface area contributed by atoms with E-state index in [0.717, 1.165) is 61.5 Å². The van der Waals surface area contributed by atoms with Gasteiger partial charge in [0.05, 0.1) is 6.04 Å². The van der Waals surface area contributed by atoms with Crippen LogP contribution >= 0.6 is 0 Å². The van der Waals surface area contributed by atoms with E-state index in [2.05, 4.69) is 4.90 Å². The van der Waals surface area contributed by atoms with Crippen molar-refractivity contribution >= 4 is 11.7 Å². The van der Waals surface area contributed by atoms with Crippen LogP contribution in [0.1, 0.15) is 54.4 Å². The maximum absolute atomic E-state index is 13.3. The average Bonchev–Trinajstić information content (AvgIpc) is 2.76. The zero-order chi connectivity index (χ0) is 21.1. The molecule has 0 bridgehead atoms. The Hall–Kier alpha value is -2.54. The normalized spacial score (nSPS) is 19.0. The predicted molar refractivity (Wildman–Crippen MR) is 113 cm³/mol. The number of nitrogens with zero attached hydrogens (tertiary/aromatic N) is 4. The number of amides is 1. The molecule has 3 heterocycles. The smallest absolute Gasteiger partial charge is 0.249 e. The summed E-state index contributed by atoms with van der Waals surface area (Å²) in [7, 11) is 1.55. The van der Waals surface area contributed by atoms with Crippen LogP contribution in [0, 0.1) is 12.7 Å². The van der Waals surface area contributed by atoms with Gasteiger partial charge in [0.1, 0.15) is 18.2 Å². The van der Waals surface area contributed by atoms with E-state index in [1.807, 2.05) is 24.0 Å². The van der Waals surface area contributed by atoms with Crippen molar-refractivity contribution in [3.05, 3.63) is 52.7 Å². The number of carbonyl (C=O) groups is 1. The second-order valence-electron chi connectivity index (χ2n) is 8.15. The van der Waals surface area contributed by atoms with Crippen LogP contribution in [0.25, 0.3) is 0 Å². The standard InChI is InChI=1S/C23H29FN4O2/c1-16-19-6-5-12-27(14-17-8-10-18(24)11-9-17)23(19)26-22(25-16)20-7-3-4-13-28(20)21(29)15-30-2/h8-11,20H,3-7,12-15H2,1-2H3/t20-/m0/s1. The molecule has 6 nitrogen and oxygen atoms in total. The van der Waals surface area contributed by atoms with Gasteiger partial charge >= 0.3 is 0 Å². The van der Waals surface area contributed by atoms with Crippen LogP contribution in [0.5, 0.6) is 0 Å². The number of benzene rings is 1. The number of halogens is 1. The number of likely N-dealkylation sites (tertiary alicyclic amines) is 1. The molecule has 0 N–H and O–H groups in total. The number of carbonyl (C=O) groups excluding carboxylic acids is 1. The monoisotopic (exact) mass is 412 g/mol. The van der Waals surface area contributed by atoms with Gasteiger partial charge in [-0.1, -0.05) is 12.1 Å². The second-order valence-corrected chi connectivity index (χ2v) is 8.15. The van der Waals surface area contributed by atoms with Crippen molar-refractivity contribution in [1.82, 2.24) is 14.9 Å². The van der Waals surface area contributed by atoms with Crippen LogP contribution in [0.3, 0.4) is 0 Å². The molecule has 0 saturated carbocycles. The molecule has 0 spiro atoms. The van der Waals surface area contributed by atoms with Crippen LogP contribution < -0.4 is 4.90 Å². The van der Waals surface area contributed by atoms with Crippen molar-refractivity contribution in [2.75, 3.05) is 31.7 Å². The highest BCUT2D eigenvalue weighted by Gasteiger charge is 2.32. The predicted octanol–water partition coefficient (Wildman–Crippen LogP) is 3.58. The Bertz CT molecular complexity index is 903. The van der Waals surface area contributed by atoms with Gasteiger partial charge in [-0.15, -0.1) is 0 Å². The zero-order valence-electron chi connectivity index (χ0n) is 17.7. The molecule has 1 amide bonds. The van der Waals surface area contributed by atoms with Gasteiger partial charge in [0, 0.05) is 38.0 Å². The Kier molecular flexibility index (Phi) is 6.27. The summed E-state index contributed by atoms with van der Waals surface area (Å²) in [5, 5.41) is 0. The van der Waals surface area contributed by atoms with Gasteiger partial charge in [-0.3, -0.25) is 4.79 Å². The maximum atomic E-state index is 13.3. The van der Waals surface area contributed by atoms with Crippen molar-refractivity contribution < 1.29 is 13.9 Å². The summed E-state index contributed by atoms with van der Waals surface area (Å²) in [6.45, 7) is 4.41. The number of hydrogen-bond donors (Lipinski definition) is 0. The molecule has 2 aliphatic rings. The highest BCUT2D eigenvalue weighted by Crippen LogP contribution is 2.34. The molecule has 1 aromatic carbocycles. The van der Waals surface area contributed by atoms with Gasteiger partial charge in [0.2, 0.25) is 5.91 Å². The number of methoxy groups -OCH3 is 1. The summed E-state index contributed by atoms with van der Waals surface area (Å²) in [5.41, 5.74) is 3.22. The van der Waals surface area contributed by atoms with Crippen LogP contribution in [-0.2, 0) is 22.5 Å². The van der Waals surface area contributed by atoms with Crippen molar-refractivity contribution in [3.63, 3.8) is 0 Å². The first-order valence-electron chi connectivity index (χ1n) is 10.7. The molecule has 1 fully saturated rings. The number of piperidine rings is 1. The van der Waals surface area contributed by atoms with E-state index in [4.69, 9.17) is 14.7 Å². The van der Waals surface area contributed by atoms with Crippen molar-refractivity contribution in [3.8, 4) is 0 Å². The van der Waals surface area contributed by atoms with Crippen LogP contribution in [-0.4, -0.2) is 47.6 Å². The highest BCUT2D eigenvalue weighted by molar-refractivity contribution is 5.78.